The molecule has 622 valence electrons. The highest BCUT2D eigenvalue weighted by Gasteiger charge is 2.61. The van der Waals surface area contributed by atoms with Crippen LogP contribution in [0, 0.1) is 13.8 Å². The summed E-state index contributed by atoms with van der Waals surface area (Å²) in [5, 5.41) is 72.7. The molecule has 4 aromatic heterocycles. The van der Waals surface area contributed by atoms with Gasteiger partial charge in [-0.05, 0) is 113 Å². The Balaban J connectivity index is 0.000000196. The molecule has 8 heterocycles. The van der Waals surface area contributed by atoms with E-state index in [-0.39, 0.29) is 57.0 Å². The number of carbonyl (C=O) groups is 4. The van der Waals surface area contributed by atoms with Gasteiger partial charge in [0.1, 0.15) is 109 Å². The molecule has 0 unspecified atom stereocenters. The first-order chi connectivity index (χ1) is 53.5. The van der Waals surface area contributed by atoms with Crippen LogP contribution in [0.5, 0.6) is 17.2 Å². The summed E-state index contributed by atoms with van der Waals surface area (Å²) in [7, 11) is -13.5. The Bertz CT molecular complexity index is 4650. The number of fused-ring (bicyclic) bond motifs is 2. The number of esters is 3. The molecule has 46 heteroatoms. The van der Waals surface area contributed by atoms with Crippen LogP contribution in [0.4, 0.5) is 13.2 Å². The van der Waals surface area contributed by atoms with Crippen molar-refractivity contribution >= 4 is 69.4 Å². The molecule has 18 atom stereocenters. The minimum absolute atomic E-state index is 0.0186. The van der Waals surface area contributed by atoms with Crippen LogP contribution in [0.1, 0.15) is 86.4 Å². The first-order valence-corrected chi connectivity index (χ1v) is 39.5. The smallest absolute Gasteiger partial charge is 0.459 e. The van der Waals surface area contributed by atoms with E-state index in [1.807, 2.05) is 0 Å². The van der Waals surface area contributed by atoms with E-state index < -0.39 is 187 Å². The number of ether oxygens (including phenoxy) is 6. The van der Waals surface area contributed by atoms with Crippen LogP contribution in [-0.4, -0.2) is 215 Å². The van der Waals surface area contributed by atoms with Crippen LogP contribution in [0.2, 0.25) is 0 Å². The van der Waals surface area contributed by atoms with Gasteiger partial charge in [-0.25, -0.2) is 46.8 Å². The van der Waals surface area contributed by atoms with Gasteiger partial charge in [-0.1, -0.05) is 61.2 Å². The van der Waals surface area contributed by atoms with Gasteiger partial charge in [0.15, 0.2) is 41.0 Å². The van der Waals surface area contributed by atoms with E-state index in [1.54, 1.807) is 96.1 Å². The van der Waals surface area contributed by atoms with Crippen molar-refractivity contribution in [1.82, 2.24) is 64.5 Å². The number of amides is 1. The maximum absolute atomic E-state index is 15.9. The number of aliphatic hydroxyl groups excluding tert-OH is 6. The number of H-pyrrole nitrogens is 2. The van der Waals surface area contributed by atoms with Gasteiger partial charge in [0.2, 0.25) is 0 Å². The molecule has 114 heavy (non-hydrogen) atoms. The number of hydrogen-bond donors (Lipinski definition) is 12. The third-order valence-corrected chi connectivity index (χ3v) is 21.3. The van der Waals surface area contributed by atoms with Crippen molar-refractivity contribution < 1.29 is 132 Å². The number of rotatable bonds is 30. The first kappa shape index (κ1) is 88.7. The number of imidazole rings is 2. The highest BCUT2D eigenvalue weighted by atomic mass is 31.2. The molecule has 3 aromatic carbocycles. The minimum atomic E-state index is -4.51. The number of benzene rings is 3. The lowest BCUT2D eigenvalue weighted by Gasteiger charge is -2.32. The van der Waals surface area contributed by atoms with Crippen LogP contribution >= 0.6 is 23.2 Å². The number of para-hydroxylation sites is 3. The van der Waals surface area contributed by atoms with E-state index in [0.717, 1.165) is 32.8 Å². The highest BCUT2D eigenvalue weighted by molar-refractivity contribution is 7.52. The molecule has 7 aromatic rings. The second kappa shape index (κ2) is 36.7. The number of aryl methyl sites for hydroxylation is 2. The molecule has 4 aliphatic rings. The molecule has 4 aliphatic heterocycles. The van der Waals surface area contributed by atoms with Crippen LogP contribution in [0.3, 0.4) is 0 Å². The average Bonchev–Trinajstić information content (AvgIpc) is 1.61. The zero-order chi connectivity index (χ0) is 83.7. The number of hydrogen-bond acceptors (Lipinski definition) is 32. The second-order valence-electron chi connectivity index (χ2n) is 26.8. The normalized spacial score (nSPS) is 26.4. The van der Waals surface area contributed by atoms with Gasteiger partial charge in [0.05, 0.1) is 31.0 Å². The van der Waals surface area contributed by atoms with E-state index in [4.69, 9.17) is 55.6 Å². The lowest BCUT2D eigenvalue weighted by atomic mass is 10.1. The number of alkyl halides is 3. The van der Waals surface area contributed by atoms with Gasteiger partial charge in [-0.3, -0.25) is 51.5 Å². The minimum Gasteiger partial charge on any atom is -0.462 e. The summed E-state index contributed by atoms with van der Waals surface area (Å²) in [5.74, 6) is -11.4. The fourth-order valence-electron chi connectivity index (χ4n) is 11.0. The molecule has 0 aliphatic carbocycles. The number of aromatic amines is 2. The SMILES string of the molecule is C=C1NC(=O)C=CN1[C@@H]1O[C@](F)(CO[P@@](=O)(N[C@H](C)C(=O)OC(C)C)Oc2ccccc2)[C@@H](O)[C@H]1O.Cc1nc2c(ncn2[C@@H]2O[C@](F)(CO[P@@](=O)(N[C@H](C)C(=O)OC(C)C)Oc3ccccc3)[C@@H](O)[C@H]2O)c(=O)[nH]1.Cc1nc2c(ncn2[C@@H]2O[C@](F)(CO[P@](=O)(N[C@H](C)C(=O)OC(C)C)Oc3ccccc3)[C@@H](O)[C@H]2O)c(=O)[nH]1. The molecule has 11 rings (SSSR count). The molecule has 40 nitrogen and oxygen atoms in total. The molecule has 0 bridgehead atoms. The molecule has 12 N–H and O–H groups in total. The van der Waals surface area contributed by atoms with Crippen molar-refractivity contribution in [3.63, 3.8) is 0 Å². The van der Waals surface area contributed by atoms with E-state index in [1.165, 1.54) is 77.2 Å². The lowest BCUT2D eigenvalue weighted by Crippen LogP contribution is -2.46. The van der Waals surface area contributed by atoms with Gasteiger partial charge >= 0.3 is 41.1 Å². The topological polar surface area (TPSA) is 530 Å². The fourth-order valence-corrected chi connectivity index (χ4v) is 15.5. The van der Waals surface area contributed by atoms with Gasteiger partial charge in [0, 0.05) is 12.3 Å². The Morgan fingerprint density at radius 2 is 0.816 bits per heavy atom. The van der Waals surface area contributed by atoms with Crippen molar-refractivity contribution in [3.8, 4) is 17.2 Å². The third-order valence-electron chi connectivity index (χ3n) is 16.4. The number of halogens is 3. The molecule has 0 spiro atoms. The molecule has 1 amide bonds. The first-order valence-electron chi connectivity index (χ1n) is 34.9. The predicted molar refractivity (Wildman–Crippen MR) is 390 cm³/mol. The summed E-state index contributed by atoms with van der Waals surface area (Å²) < 4.78 is 154. The molecule has 0 saturated carbocycles. The lowest BCUT2D eigenvalue weighted by molar-refractivity contribution is -0.206. The van der Waals surface area contributed by atoms with E-state index in [0.29, 0.717) is 0 Å². The Labute approximate surface area is 646 Å². The summed E-state index contributed by atoms with van der Waals surface area (Å²) in [6.45, 7) is 16.9. The van der Waals surface area contributed by atoms with Crippen LogP contribution in [-0.2, 0) is 74.9 Å². The van der Waals surface area contributed by atoms with Crippen LogP contribution in [0.15, 0.2) is 138 Å². The zero-order valence-corrected chi connectivity index (χ0v) is 65.5. The third kappa shape index (κ3) is 21.7. The summed E-state index contributed by atoms with van der Waals surface area (Å²) in [6, 6.07) is 19.8. The van der Waals surface area contributed by atoms with Gasteiger partial charge in [-0.15, -0.1) is 0 Å². The Kier molecular flexibility index (Phi) is 28.6. The standard InChI is InChI=1S/2C23H29FN5O9P.C22H29FN3O9P/c2*1-12(2)36-22(33)13(3)28-39(34,38-15-8-6-5-7-9-15)35-10-23(24)18(31)17(30)21(37-23)29-11-25-16-19(29)26-14(4)27-20(16)32;1-13(2)33-21(30)14(3)25-36(31,35-16-8-6-5-7-9-16)32-12-22(23)19(29)18(28)20(34-22)26-11-10-17(27)24-15(26)4/h2*5-9,11-13,17-18,21,30-31H,10H2,1-4H3,(H,28,34)(H,26,27,32);5-11,13-14,18-20,28-29H,4,12H2,1-3H3,(H,24,27)(H,25,31)/t13-,17-,18+,21-,23-,39+;13-,17-,18+,21-,23-,39-;14-,18-,19+,20-,22-,36+/m111/s1. The van der Waals surface area contributed by atoms with E-state index >= 15 is 13.2 Å². The number of nitrogens with one attached hydrogen (secondary N) is 6. The fraction of sp³-hybridized carbons (Fsp3) is 0.471. The van der Waals surface area contributed by atoms with Gasteiger partial charge in [0.25, 0.3) is 34.6 Å². The number of carbonyl (C=O) groups excluding carboxylic acids is 4. The molecule has 3 saturated heterocycles. The molecular weight excluding hydrogens is 1580 g/mol. The van der Waals surface area contributed by atoms with Crippen LogP contribution < -0.4 is 45.3 Å². The zero-order valence-electron chi connectivity index (χ0n) is 62.8. The predicted octanol–water partition coefficient (Wildman–Crippen LogP) is 4.24. The summed E-state index contributed by atoms with van der Waals surface area (Å²) in [6.07, 6.45) is -13.6. The Morgan fingerprint density at radius 3 is 1.11 bits per heavy atom. The second-order valence-corrected chi connectivity index (χ2v) is 31.9. The van der Waals surface area contributed by atoms with Gasteiger partial charge in [-0.2, -0.15) is 15.3 Å². The maximum Gasteiger partial charge on any atom is 0.459 e. The van der Waals surface area contributed by atoms with Crippen molar-refractivity contribution in [2.45, 2.75) is 185 Å². The summed E-state index contributed by atoms with van der Waals surface area (Å²) in [4.78, 5) is 94.8. The number of aromatic nitrogens is 8. The maximum atomic E-state index is 15.9. The molecule has 0 radical (unpaired) electrons. The van der Waals surface area contributed by atoms with E-state index in [2.05, 4.69) is 57.1 Å². The highest BCUT2D eigenvalue weighted by Crippen LogP contribution is 2.52. The molecular formula is C68H87F3N13O27P3. The van der Waals surface area contributed by atoms with Crippen LogP contribution in [0.25, 0.3) is 22.3 Å². The Morgan fingerprint density at radius 1 is 0.518 bits per heavy atom. The number of nitrogens with zero attached hydrogens (tertiary/aromatic N) is 7. The Hall–Kier alpha value is -9.20. The molecule has 3 fully saturated rings. The monoisotopic (exact) mass is 1670 g/mol. The quantitative estimate of drug-likeness (QED) is 0.0170. The van der Waals surface area contributed by atoms with Crippen molar-refractivity contribution in [2.24, 2.45) is 0 Å². The van der Waals surface area contributed by atoms with Crippen molar-refractivity contribution in [2.75, 3.05) is 19.8 Å². The number of aliphatic hydroxyl groups is 6. The summed E-state index contributed by atoms with van der Waals surface area (Å²) >= 11 is 0. The largest absolute Gasteiger partial charge is 0.462 e. The summed E-state index contributed by atoms with van der Waals surface area (Å²) in [5.41, 5.74) is -1.34. The average molecular weight is 1670 g/mol. The van der Waals surface area contributed by atoms with Gasteiger partial charge < -0.3 is 92.8 Å². The van der Waals surface area contributed by atoms with Crippen molar-refractivity contribution in [1.29, 1.82) is 0 Å². The van der Waals surface area contributed by atoms with Crippen molar-refractivity contribution in [3.05, 3.63) is 161 Å². The van der Waals surface area contributed by atoms with E-state index in [9.17, 15) is 73.1 Å².